The molecule has 2 aliphatic rings. The number of anilines is 1. The summed E-state index contributed by atoms with van der Waals surface area (Å²) in [6.07, 6.45) is 0. The van der Waals surface area contributed by atoms with Crippen LogP contribution in [0, 0.1) is 0 Å². The molecule has 29 heavy (non-hydrogen) atoms. The molecule has 7 heteroatoms. The molecule has 148 valence electrons. The zero-order chi connectivity index (χ0) is 20.5. The average molecular weight is 424 g/mol. The van der Waals surface area contributed by atoms with Crippen LogP contribution in [-0.4, -0.2) is 34.8 Å². The third-order valence-electron chi connectivity index (χ3n) is 4.78. The van der Waals surface area contributed by atoms with E-state index in [2.05, 4.69) is 24.0 Å². The van der Waals surface area contributed by atoms with E-state index in [-0.39, 0.29) is 11.7 Å². The number of likely N-dealkylation sites (N-methyl/N-ethyl adjacent to an activating group) is 1. The lowest BCUT2D eigenvalue weighted by Crippen LogP contribution is -2.29. The fourth-order valence-corrected chi connectivity index (χ4v) is 5.78. The van der Waals surface area contributed by atoms with E-state index in [9.17, 15) is 9.59 Å². The van der Waals surface area contributed by atoms with Crippen molar-refractivity contribution in [1.82, 2.24) is 4.90 Å². The molecule has 0 unspecified atom stereocenters. The topological polar surface area (TPSA) is 53.0 Å². The zero-order valence-corrected chi connectivity index (χ0v) is 18.1. The standard InChI is InChI=1S/C22H21N3O2S2/c1-4-24-17-11-6-7-12-18(17)28-21(24)19-20(27)25(5-2)22(29-19)23-16-10-8-9-15(13-16)14(3)26/h6-13H,4-5H2,1-3H3. The number of carbonyl (C=O) groups excluding carboxylic acids is 2. The number of benzene rings is 2. The quantitative estimate of drug-likeness (QED) is 0.495. The van der Waals surface area contributed by atoms with Crippen molar-refractivity contribution >= 4 is 51.8 Å². The third-order valence-corrected chi connectivity index (χ3v) is 7.15. The summed E-state index contributed by atoms with van der Waals surface area (Å²) >= 11 is 3.04. The predicted molar refractivity (Wildman–Crippen MR) is 121 cm³/mol. The van der Waals surface area contributed by atoms with E-state index in [0.29, 0.717) is 27.9 Å². The molecular formula is C22H21N3O2S2. The molecule has 2 heterocycles. The summed E-state index contributed by atoms with van der Waals surface area (Å²) in [7, 11) is 0. The maximum absolute atomic E-state index is 13.2. The molecule has 5 nitrogen and oxygen atoms in total. The summed E-state index contributed by atoms with van der Waals surface area (Å²) in [6.45, 7) is 6.90. The predicted octanol–water partition coefficient (Wildman–Crippen LogP) is 5.27. The molecule has 0 aromatic heterocycles. The van der Waals surface area contributed by atoms with Crippen LogP contribution in [0.1, 0.15) is 31.1 Å². The van der Waals surface area contributed by atoms with Crippen LogP contribution in [0.2, 0.25) is 0 Å². The van der Waals surface area contributed by atoms with Crippen LogP contribution in [0.5, 0.6) is 0 Å². The number of carbonyl (C=O) groups is 2. The number of aliphatic imine (C=N–C) groups is 1. The Balaban J connectivity index is 1.74. The first-order chi connectivity index (χ1) is 14.0. The van der Waals surface area contributed by atoms with Gasteiger partial charge in [-0.25, -0.2) is 4.99 Å². The van der Waals surface area contributed by atoms with Crippen LogP contribution in [0.25, 0.3) is 0 Å². The van der Waals surface area contributed by atoms with Gasteiger partial charge in [-0.2, -0.15) is 0 Å². The van der Waals surface area contributed by atoms with Crippen molar-refractivity contribution in [2.75, 3.05) is 18.0 Å². The fourth-order valence-electron chi connectivity index (χ4n) is 3.32. The number of thioether (sulfide) groups is 2. The Hall–Kier alpha value is -2.51. The van der Waals surface area contributed by atoms with E-state index in [4.69, 9.17) is 4.99 Å². The van der Waals surface area contributed by atoms with Crippen molar-refractivity contribution < 1.29 is 9.59 Å². The first-order valence-corrected chi connectivity index (χ1v) is 11.1. The molecule has 0 radical (unpaired) electrons. The molecule has 0 N–H and O–H groups in total. The lowest BCUT2D eigenvalue weighted by atomic mass is 10.1. The van der Waals surface area contributed by atoms with Gasteiger partial charge in [0.05, 0.1) is 11.4 Å². The fraction of sp³-hybridized carbons (Fsp3) is 0.227. The Kier molecular flexibility index (Phi) is 5.52. The van der Waals surface area contributed by atoms with Crippen molar-refractivity contribution in [1.29, 1.82) is 0 Å². The highest BCUT2D eigenvalue weighted by molar-refractivity contribution is 8.19. The van der Waals surface area contributed by atoms with Crippen molar-refractivity contribution in [3.05, 3.63) is 64.0 Å². The summed E-state index contributed by atoms with van der Waals surface area (Å²) in [4.78, 5) is 35.3. The summed E-state index contributed by atoms with van der Waals surface area (Å²) in [6, 6.07) is 15.4. The number of fused-ring (bicyclic) bond motifs is 1. The number of amidine groups is 1. The lowest BCUT2D eigenvalue weighted by molar-refractivity contribution is -0.122. The van der Waals surface area contributed by atoms with Gasteiger partial charge in [-0.3, -0.25) is 14.5 Å². The van der Waals surface area contributed by atoms with Gasteiger partial charge in [0.25, 0.3) is 5.91 Å². The van der Waals surface area contributed by atoms with E-state index in [1.54, 1.807) is 28.8 Å². The minimum Gasteiger partial charge on any atom is -0.334 e. The first kappa shape index (κ1) is 19.8. The zero-order valence-electron chi connectivity index (χ0n) is 16.5. The number of rotatable bonds is 4. The molecule has 1 saturated heterocycles. The normalized spacial score (nSPS) is 20.0. The molecule has 0 spiro atoms. The Morgan fingerprint density at radius 3 is 2.48 bits per heavy atom. The average Bonchev–Trinajstić information content (AvgIpc) is 3.24. The Bertz CT molecular complexity index is 1060. The second-order valence-electron chi connectivity index (χ2n) is 6.60. The minimum atomic E-state index is -0.0206. The lowest BCUT2D eigenvalue weighted by Gasteiger charge is -2.19. The van der Waals surface area contributed by atoms with Crippen LogP contribution in [-0.2, 0) is 4.79 Å². The Morgan fingerprint density at radius 1 is 1.00 bits per heavy atom. The minimum absolute atomic E-state index is 0.00364. The number of hydrogen-bond donors (Lipinski definition) is 0. The van der Waals surface area contributed by atoms with Gasteiger partial charge in [0, 0.05) is 23.5 Å². The summed E-state index contributed by atoms with van der Waals surface area (Å²) in [5, 5.41) is 1.61. The number of Topliss-reactive ketones (excluding diaryl/α,β-unsaturated/α-hetero) is 1. The molecular weight excluding hydrogens is 402 g/mol. The van der Waals surface area contributed by atoms with Gasteiger partial charge >= 0.3 is 0 Å². The molecule has 1 amide bonds. The number of ketones is 1. The summed E-state index contributed by atoms with van der Waals surface area (Å²) < 4.78 is 0. The highest BCUT2D eigenvalue weighted by atomic mass is 32.2. The number of hydrogen-bond acceptors (Lipinski definition) is 6. The van der Waals surface area contributed by atoms with Gasteiger partial charge in [0.15, 0.2) is 11.0 Å². The largest absolute Gasteiger partial charge is 0.334 e. The summed E-state index contributed by atoms with van der Waals surface area (Å²) in [5.41, 5.74) is 2.42. The van der Waals surface area contributed by atoms with Gasteiger partial charge in [-0.15, -0.1) is 0 Å². The van der Waals surface area contributed by atoms with Gasteiger partial charge in [0.2, 0.25) is 0 Å². The van der Waals surface area contributed by atoms with E-state index < -0.39 is 0 Å². The van der Waals surface area contributed by atoms with Crippen molar-refractivity contribution in [2.45, 2.75) is 25.7 Å². The monoisotopic (exact) mass is 423 g/mol. The van der Waals surface area contributed by atoms with Gasteiger partial charge in [0.1, 0.15) is 9.93 Å². The molecule has 0 aliphatic carbocycles. The van der Waals surface area contributed by atoms with E-state index in [1.165, 1.54) is 18.7 Å². The Morgan fingerprint density at radius 2 is 1.76 bits per heavy atom. The molecule has 0 saturated carbocycles. The highest BCUT2D eigenvalue weighted by Crippen LogP contribution is 2.50. The van der Waals surface area contributed by atoms with Crippen LogP contribution in [0.3, 0.4) is 0 Å². The van der Waals surface area contributed by atoms with Crippen molar-refractivity contribution in [3.8, 4) is 0 Å². The van der Waals surface area contributed by atoms with Crippen LogP contribution in [0.15, 0.2) is 68.4 Å². The third kappa shape index (κ3) is 3.60. The number of amides is 1. The van der Waals surface area contributed by atoms with E-state index in [1.807, 2.05) is 31.2 Å². The SMILES string of the molecule is CCN1C(=O)C(=C2Sc3ccccc3N2CC)SC1=Nc1cccc(C(C)=O)c1. The maximum Gasteiger partial charge on any atom is 0.269 e. The molecule has 1 fully saturated rings. The number of para-hydroxylation sites is 1. The molecule has 2 aromatic rings. The van der Waals surface area contributed by atoms with Gasteiger partial charge in [-0.05, 0) is 56.8 Å². The molecule has 0 bridgehead atoms. The summed E-state index contributed by atoms with van der Waals surface area (Å²) in [5.74, 6) is -0.0243. The van der Waals surface area contributed by atoms with Crippen LogP contribution in [0.4, 0.5) is 11.4 Å². The molecule has 2 aromatic carbocycles. The van der Waals surface area contributed by atoms with Crippen LogP contribution >= 0.6 is 23.5 Å². The first-order valence-electron chi connectivity index (χ1n) is 9.51. The van der Waals surface area contributed by atoms with Gasteiger partial charge < -0.3 is 4.90 Å². The second-order valence-corrected chi connectivity index (χ2v) is 8.61. The molecule has 0 atom stereocenters. The van der Waals surface area contributed by atoms with Crippen molar-refractivity contribution in [3.63, 3.8) is 0 Å². The van der Waals surface area contributed by atoms with E-state index in [0.717, 1.165) is 22.2 Å². The molecule has 2 aliphatic heterocycles. The van der Waals surface area contributed by atoms with Gasteiger partial charge in [-0.1, -0.05) is 36.0 Å². The maximum atomic E-state index is 13.2. The Labute approximate surface area is 178 Å². The van der Waals surface area contributed by atoms with Crippen molar-refractivity contribution in [2.24, 2.45) is 4.99 Å². The second kappa shape index (κ2) is 8.08. The number of nitrogens with zero attached hydrogens (tertiary/aromatic N) is 3. The van der Waals surface area contributed by atoms with E-state index >= 15 is 0 Å². The highest BCUT2D eigenvalue weighted by Gasteiger charge is 2.38. The molecule has 4 rings (SSSR count). The van der Waals surface area contributed by atoms with Crippen LogP contribution < -0.4 is 4.90 Å². The smallest absolute Gasteiger partial charge is 0.269 e.